The number of anilines is 2. The number of nitrogens with two attached hydrogens (primary N) is 1. The molecule has 126 valence electrons. The van der Waals surface area contributed by atoms with Crippen molar-refractivity contribution in [3.63, 3.8) is 0 Å². The van der Waals surface area contributed by atoms with Crippen LogP contribution in [0.1, 0.15) is 33.6 Å². The topological polar surface area (TPSA) is 80.4 Å². The molecule has 0 aliphatic rings. The Morgan fingerprint density at radius 3 is 2.61 bits per heavy atom. The van der Waals surface area contributed by atoms with Gasteiger partial charge in [-0.3, -0.25) is 4.98 Å². The fourth-order valence-electron chi connectivity index (χ4n) is 2.80. The second-order valence-corrected chi connectivity index (χ2v) is 5.77. The zero-order valence-electron chi connectivity index (χ0n) is 14.2. The minimum Gasteiger partial charge on any atom is -0.396 e. The maximum absolute atomic E-state index is 10.9. The van der Waals surface area contributed by atoms with Crippen molar-refractivity contribution in [1.29, 1.82) is 0 Å². The van der Waals surface area contributed by atoms with Crippen molar-refractivity contribution in [2.24, 2.45) is 0 Å². The molecule has 0 aliphatic heterocycles. The van der Waals surface area contributed by atoms with E-state index in [2.05, 4.69) is 10.3 Å². The van der Waals surface area contributed by atoms with Crippen LogP contribution >= 0.6 is 0 Å². The Hall–Kier alpha value is -1.85. The van der Waals surface area contributed by atoms with Gasteiger partial charge in [0.15, 0.2) is 0 Å². The van der Waals surface area contributed by atoms with Crippen LogP contribution in [0.4, 0.5) is 11.4 Å². The summed E-state index contributed by atoms with van der Waals surface area (Å²) in [5.41, 5.74) is 7.53. The van der Waals surface area contributed by atoms with E-state index in [4.69, 9.17) is 10.5 Å². The molecule has 0 saturated carbocycles. The van der Waals surface area contributed by atoms with Gasteiger partial charge in [-0.25, -0.2) is 0 Å². The highest BCUT2D eigenvalue weighted by Gasteiger charge is 2.34. The van der Waals surface area contributed by atoms with E-state index in [0.717, 1.165) is 16.6 Å². The molecule has 0 fully saturated rings. The third kappa shape index (κ3) is 3.74. The lowest BCUT2D eigenvalue weighted by Gasteiger charge is -2.36. The zero-order valence-corrected chi connectivity index (χ0v) is 14.2. The first kappa shape index (κ1) is 17.5. The first-order valence-corrected chi connectivity index (χ1v) is 8.25. The molecule has 1 aromatic heterocycles. The maximum Gasteiger partial charge on any atom is 0.0865 e. The van der Waals surface area contributed by atoms with E-state index in [1.807, 2.05) is 45.0 Å². The minimum atomic E-state index is -0.855. The van der Waals surface area contributed by atoms with E-state index in [0.29, 0.717) is 31.7 Å². The van der Waals surface area contributed by atoms with Gasteiger partial charge in [-0.2, -0.15) is 0 Å². The van der Waals surface area contributed by atoms with Crippen LogP contribution in [0.2, 0.25) is 0 Å². The van der Waals surface area contributed by atoms with Gasteiger partial charge in [-0.05, 0) is 25.8 Å². The van der Waals surface area contributed by atoms with E-state index < -0.39 is 5.60 Å². The number of ether oxygens (including phenoxy) is 1. The first-order chi connectivity index (χ1) is 11.1. The van der Waals surface area contributed by atoms with Crippen LogP contribution in [-0.2, 0) is 4.74 Å². The number of benzene rings is 1. The van der Waals surface area contributed by atoms with Gasteiger partial charge in [0.25, 0.3) is 0 Å². The maximum atomic E-state index is 10.9. The molecular weight excluding hydrogens is 290 g/mol. The average molecular weight is 317 g/mol. The Labute approximate surface area is 137 Å². The summed E-state index contributed by atoms with van der Waals surface area (Å²) in [6.07, 6.45) is 2.92. The van der Waals surface area contributed by atoms with E-state index in [9.17, 15) is 5.11 Å². The molecule has 1 heterocycles. The molecule has 0 aliphatic carbocycles. The van der Waals surface area contributed by atoms with Crippen LogP contribution in [0.5, 0.6) is 0 Å². The fraction of sp³-hybridized carbons (Fsp3) is 0.500. The average Bonchev–Trinajstić information content (AvgIpc) is 2.59. The largest absolute Gasteiger partial charge is 0.396 e. The van der Waals surface area contributed by atoms with Crippen molar-refractivity contribution in [3.05, 3.63) is 30.5 Å². The summed E-state index contributed by atoms with van der Waals surface area (Å²) in [5, 5.41) is 15.3. The second-order valence-electron chi connectivity index (χ2n) is 5.77. The highest BCUT2D eigenvalue weighted by Crippen LogP contribution is 2.31. The molecule has 1 unspecified atom stereocenters. The van der Waals surface area contributed by atoms with Crippen LogP contribution in [0.25, 0.3) is 10.9 Å². The molecule has 0 saturated heterocycles. The Balaban J connectivity index is 2.41. The molecule has 4 N–H and O–H groups in total. The summed E-state index contributed by atoms with van der Waals surface area (Å²) in [4.78, 5) is 4.35. The number of hydrogen-bond donors (Lipinski definition) is 3. The van der Waals surface area contributed by atoms with E-state index in [1.165, 1.54) is 0 Å². The third-order valence-corrected chi connectivity index (χ3v) is 4.49. The van der Waals surface area contributed by atoms with E-state index in [1.54, 1.807) is 6.20 Å². The highest BCUT2D eigenvalue weighted by molar-refractivity contribution is 5.97. The van der Waals surface area contributed by atoms with Gasteiger partial charge in [0, 0.05) is 12.0 Å². The van der Waals surface area contributed by atoms with Crippen molar-refractivity contribution >= 4 is 22.3 Å². The van der Waals surface area contributed by atoms with Gasteiger partial charge in [0.05, 0.1) is 41.3 Å². The standard InChI is InChI=1S/C18H27N3O2/c1-4-18(22,5-2)16(12-23-6-3)21-17-13-9-7-8-10-15(13)20-11-14(17)19/h7-11,16,22H,4-6,12,19H2,1-3H3,(H,20,21). The molecule has 1 atom stereocenters. The summed E-state index contributed by atoms with van der Waals surface area (Å²) in [5.74, 6) is 0. The molecule has 23 heavy (non-hydrogen) atoms. The predicted octanol–water partition coefficient (Wildman–Crippen LogP) is 3.19. The number of nitrogens with one attached hydrogen (secondary N) is 1. The van der Waals surface area contributed by atoms with Crippen molar-refractivity contribution in [3.8, 4) is 0 Å². The SMILES string of the molecule is CCOCC(Nc1c(N)cnc2ccccc12)C(O)(CC)CC. The van der Waals surface area contributed by atoms with Gasteiger partial charge in [0.2, 0.25) is 0 Å². The molecule has 2 aromatic rings. The van der Waals surface area contributed by atoms with E-state index in [-0.39, 0.29) is 6.04 Å². The van der Waals surface area contributed by atoms with Crippen LogP contribution in [-0.4, -0.2) is 34.9 Å². The van der Waals surface area contributed by atoms with Crippen LogP contribution < -0.4 is 11.1 Å². The lowest BCUT2D eigenvalue weighted by atomic mass is 9.88. The molecule has 0 spiro atoms. The van der Waals surface area contributed by atoms with Gasteiger partial charge in [-0.15, -0.1) is 0 Å². The normalized spacial score (nSPS) is 13.2. The molecule has 2 rings (SSSR count). The smallest absolute Gasteiger partial charge is 0.0865 e. The lowest BCUT2D eigenvalue weighted by molar-refractivity contribution is -0.0163. The first-order valence-electron chi connectivity index (χ1n) is 8.25. The molecule has 0 amide bonds. The second kappa shape index (κ2) is 7.62. The van der Waals surface area contributed by atoms with E-state index >= 15 is 0 Å². The summed E-state index contributed by atoms with van der Waals surface area (Å²) in [6, 6.07) is 7.59. The summed E-state index contributed by atoms with van der Waals surface area (Å²) < 4.78 is 5.59. The van der Waals surface area contributed by atoms with Crippen LogP contribution in [0, 0.1) is 0 Å². The molecule has 1 aromatic carbocycles. The molecular formula is C18H27N3O2. The van der Waals surface area contributed by atoms with Gasteiger partial charge < -0.3 is 20.9 Å². The van der Waals surface area contributed by atoms with Gasteiger partial charge >= 0.3 is 0 Å². The number of pyridine rings is 1. The zero-order chi connectivity index (χ0) is 16.9. The number of aromatic nitrogens is 1. The number of aliphatic hydroxyl groups is 1. The monoisotopic (exact) mass is 317 g/mol. The molecule has 5 nitrogen and oxygen atoms in total. The quantitative estimate of drug-likeness (QED) is 0.697. The number of nitrogen functional groups attached to an aromatic ring is 1. The third-order valence-electron chi connectivity index (χ3n) is 4.49. The predicted molar refractivity (Wildman–Crippen MR) is 95.6 cm³/mol. The Kier molecular flexibility index (Phi) is 5.80. The van der Waals surface area contributed by atoms with Crippen molar-refractivity contribution in [2.45, 2.75) is 45.3 Å². The molecule has 0 radical (unpaired) electrons. The van der Waals surface area contributed by atoms with Gasteiger partial charge in [-0.1, -0.05) is 32.0 Å². The number of rotatable bonds is 8. The van der Waals surface area contributed by atoms with Crippen molar-refractivity contribution in [2.75, 3.05) is 24.3 Å². The summed E-state index contributed by atoms with van der Waals surface area (Å²) in [7, 11) is 0. The van der Waals surface area contributed by atoms with Gasteiger partial charge in [0.1, 0.15) is 0 Å². The molecule has 0 bridgehead atoms. The number of fused-ring (bicyclic) bond motifs is 1. The Morgan fingerprint density at radius 1 is 1.26 bits per heavy atom. The fourth-order valence-corrected chi connectivity index (χ4v) is 2.80. The minimum absolute atomic E-state index is 0.245. The van der Waals surface area contributed by atoms with Crippen LogP contribution in [0.15, 0.2) is 30.5 Å². The summed E-state index contributed by atoms with van der Waals surface area (Å²) in [6.45, 7) is 6.94. The number of para-hydroxylation sites is 1. The Bertz CT molecular complexity index is 641. The Morgan fingerprint density at radius 2 is 1.96 bits per heavy atom. The lowest BCUT2D eigenvalue weighted by Crippen LogP contribution is -2.49. The van der Waals surface area contributed by atoms with Crippen molar-refractivity contribution < 1.29 is 9.84 Å². The van der Waals surface area contributed by atoms with Crippen molar-refractivity contribution in [1.82, 2.24) is 4.98 Å². The number of hydrogen-bond acceptors (Lipinski definition) is 5. The van der Waals surface area contributed by atoms with Crippen LogP contribution in [0.3, 0.4) is 0 Å². The number of nitrogens with zero attached hydrogens (tertiary/aromatic N) is 1. The molecule has 5 heteroatoms. The summed E-state index contributed by atoms with van der Waals surface area (Å²) >= 11 is 0. The highest BCUT2D eigenvalue weighted by atomic mass is 16.5.